The fourth-order valence-corrected chi connectivity index (χ4v) is 7.05. The molecule has 0 bridgehead atoms. The summed E-state index contributed by atoms with van der Waals surface area (Å²) in [5.41, 5.74) is 1.09. The number of ketones is 1. The normalized spacial score (nSPS) is 44.6. The molecule has 4 aliphatic carbocycles. The van der Waals surface area contributed by atoms with Crippen LogP contribution in [0.1, 0.15) is 72.6 Å². The molecular weight excluding hydrogens is 356 g/mol. The molecule has 0 saturated heterocycles. The summed E-state index contributed by atoms with van der Waals surface area (Å²) in [6.45, 7) is 7.46. The summed E-state index contributed by atoms with van der Waals surface area (Å²) in [7, 11) is 0. The minimum atomic E-state index is -0.245. The minimum absolute atomic E-state index is 0.01000. The van der Waals surface area contributed by atoms with Gasteiger partial charge < -0.3 is 9.47 Å². The van der Waals surface area contributed by atoms with Crippen molar-refractivity contribution in [1.29, 1.82) is 0 Å². The van der Waals surface area contributed by atoms with Crippen LogP contribution in [0.15, 0.2) is 11.6 Å². The molecule has 4 aliphatic rings. The maximum absolute atomic E-state index is 13.3. The molecule has 0 amide bonds. The van der Waals surface area contributed by atoms with Crippen LogP contribution in [0.2, 0.25) is 0 Å². The van der Waals surface area contributed by atoms with Gasteiger partial charge in [-0.1, -0.05) is 19.4 Å². The van der Waals surface area contributed by atoms with Crippen molar-refractivity contribution in [2.24, 2.45) is 28.6 Å². The monoisotopic (exact) mass is 388 g/mol. The fourth-order valence-electron chi connectivity index (χ4n) is 7.05. The van der Waals surface area contributed by atoms with E-state index in [0.29, 0.717) is 12.3 Å². The minimum Gasteiger partial charge on any atom is -0.462 e. The highest BCUT2D eigenvalue weighted by Gasteiger charge is 2.61. The number of allylic oxidation sites excluding steroid dienone is 1. The van der Waals surface area contributed by atoms with Crippen LogP contribution in [-0.2, 0) is 23.9 Å². The number of ether oxygens (including phenoxy) is 2. The van der Waals surface area contributed by atoms with Gasteiger partial charge in [0.2, 0.25) is 0 Å². The molecule has 0 heterocycles. The van der Waals surface area contributed by atoms with Crippen LogP contribution in [0.4, 0.5) is 0 Å². The van der Waals surface area contributed by atoms with Gasteiger partial charge in [-0.25, -0.2) is 0 Å². The van der Waals surface area contributed by atoms with E-state index < -0.39 is 0 Å². The molecule has 28 heavy (non-hydrogen) atoms. The standard InChI is InChI=1S/C23H32O5/c1-13(24)27-16-7-9-22(3)15(11-16)12-19(26)21-17-5-6-20(28-14(2)25)23(17,4)10-8-18(21)22/h12,16-18,20-21H,5-11H2,1-4H3/t16-,17-,18-,20+,21-,22-,23-/m0/s1. The summed E-state index contributed by atoms with van der Waals surface area (Å²) in [6.07, 6.45) is 8.02. The first-order chi connectivity index (χ1) is 13.1. The van der Waals surface area contributed by atoms with Gasteiger partial charge in [-0.2, -0.15) is 0 Å². The van der Waals surface area contributed by atoms with Crippen LogP contribution < -0.4 is 0 Å². The lowest BCUT2D eigenvalue weighted by molar-refractivity contribution is -0.158. The Labute approximate surface area is 167 Å². The third-order valence-corrected chi connectivity index (χ3v) is 8.45. The van der Waals surface area contributed by atoms with E-state index in [1.54, 1.807) is 0 Å². The van der Waals surface area contributed by atoms with E-state index in [1.807, 2.05) is 6.08 Å². The third-order valence-electron chi connectivity index (χ3n) is 8.45. The molecule has 154 valence electrons. The Morgan fingerprint density at radius 3 is 2.36 bits per heavy atom. The second kappa shape index (κ2) is 6.70. The molecular formula is C23H32O5. The van der Waals surface area contributed by atoms with E-state index >= 15 is 0 Å². The molecule has 0 aliphatic heterocycles. The van der Waals surface area contributed by atoms with Gasteiger partial charge in [-0.05, 0) is 61.9 Å². The smallest absolute Gasteiger partial charge is 0.302 e. The molecule has 0 spiro atoms. The van der Waals surface area contributed by atoms with Crippen molar-refractivity contribution in [2.45, 2.75) is 84.8 Å². The molecule has 0 aromatic heterocycles. The van der Waals surface area contributed by atoms with Gasteiger partial charge in [0.05, 0.1) is 0 Å². The lowest BCUT2D eigenvalue weighted by Crippen LogP contribution is -2.54. The van der Waals surface area contributed by atoms with E-state index in [-0.39, 0.29) is 52.6 Å². The number of rotatable bonds is 2. The molecule has 0 aromatic rings. The Balaban J connectivity index is 1.62. The van der Waals surface area contributed by atoms with Crippen LogP contribution in [0.5, 0.6) is 0 Å². The van der Waals surface area contributed by atoms with E-state index in [4.69, 9.17) is 9.47 Å². The van der Waals surface area contributed by atoms with Crippen LogP contribution in [-0.4, -0.2) is 29.9 Å². The molecule has 0 N–H and O–H groups in total. The predicted octanol–water partition coefficient (Wildman–Crippen LogP) is 3.99. The van der Waals surface area contributed by atoms with E-state index in [9.17, 15) is 14.4 Å². The first-order valence-electron chi connectivity index (χ1n) is 10.7. The zero-order valence-electron chi connectivity index (χ0n) is 17.5. The van der Waals surface area contributed by atoms with Crippen LogP contribution in [0.3, 0.4) is 0 Å². The summed E-state index contributed by atoms with van der Waals surface area (Å²) in [5, 5.41) is 0. The molecule has 7 atom stereocenters. The molecule has 5 heteroatoms. The SMILES string of the molecule is CC(=O)O[C@H]1CC[C@@]2(C)C(=CC(=O)[C@H]3[C@@H]4CC[C@@H](OC(C)=O)[C@@]4(C)CC[C@@H]32)C1. The zero-order valence-corrected chi connectivity index (χ0v) is 17.5. The fraction of sp³-hybridized carbons (Fsp3) is 0.783. The Morgan fingerprint density at radius 2 is 1.68 bits per heavy atom. The highest BCUT2D eigenvalue weighted by Crippen LogP contribution is 2.64. The lowest BCUT2D eigenvalue weighted by atomic mass is 9.47. The molecule has 0 radical (unpaired) electrons. The van der Waals surface area contributed by atoms with E-state index in [2.05, 4.69) is 13.8 Å². The number of hydrogen-bond donors (Lipinski definition) is 0. The number of esters is 2. The quantitative estimate of drug-likeness (QED) is 0.669. The zero-order chi connectivity index (χ0) is 20.3. The third kappa shape index (κ3) is 2.93. The van der Waals surface area contributed by atoms with Gasteiger partial charge in [0.25, 0.3) is 0 Å². The Hall–Kier alpha value is -1.65. The van der Waals surface area contributed by atoms with Crippen molar-refractivity contribution >= 4 is 17.7 Å². The second-order valence-corrected chi connectivity index (χ2v) is 9.92. The van der Waals surface area contributed by atoms with Gasteiger partial charge in [0.15, 0.2) is 5.78 Å². The van der Waals surface area contributed by atoms with Crippen molar-refractivity contribution in [3.8, 4) is 0 Å². The van der Waals surface area contributed by atoms with Gasteiger partial charge >= 0.3 is 11.9 Å². The van der Waals surface area contributed by atoms with E-state index in [0.717, 1.165) is 38.5 Å². The van der Waals surface area contributed by atoms with Crippen molar-refractivity contribution in [1.82, 2.24) is 0 Å². The van der Waals surface area contributed by atoms with Crippen LogP contribution >= 0.6 is 0 Å². The van der Waals surface area contributed by atoms with Crippen LogP contribution in [0.25, 0.3) is 0 Å². The van der Waals surface area contributed by atoms with Crippen LogP contribution in [0, 0.1) is 28.6 Å². The number of carbonyl (C=O) groups is 3. The van der Waals surface area contributed by atoms with Gasteiger partial charge in [-0.3, -0.25) is 14.4 Å². The van der Waals surface area contributed by atoms with Gasteiger partial charge in [-0.15, -0.1) is 0 Å². The summed E-state index contributed by atoms with van der Waals surface area (Å²) >= 11 is 0. The summed E-state index contributed by atoms with van der Waals surface area (Å²) in [4.78, 5) is 36.2. The predicted molar refractivity (Wildman–Crippen MR) is 103 cm³/mol. The first kappa shape index (κ1) is 19.7. The molecule has 4 rings (SSSR count). The lowest BCUT2D eigenvalue weighted by Gasteiger charge is -2.56. The van der Waals surface area contributed by atoms with Gasteiger partial charge in [0.1, 0.15) is 12.2 Å². The highest BCUT2D eigenvalue weighted by molar-refractivity contribution is 5.94. The van der Waals surface area contributed by atoms with Crippen molar-refractivity contribution in [3.63, 3.8) is 0 Å². The maximum atomic E-state index is 13.3. The van der Waals surface area contributed by atoms with E-state index in [1.165, 1.54) is 19.4 Å². The average Bonchev–Trinajstić information content (AvgIpc) is 2.92. The topological polar surface area (TPSA) is 69.7 Å². The molecule has 0 unspecified atom stereocenters. The first-order valence-corrected chi connectivity index (χ1v) is 10.7. The molecule has 5 nitrogen and oxygen atoms in total. The number of hydrogen-bond acceptors (Lipinski definition) is 5. The molecule has 0 aromatic carbocycles. The summed E-state index contributed by atoms with van der Waals surface area (Å²) in [5.74, 6) is 0.419. The van der Waals surface area contributed by atoms with Gasteiger partial charge in [0, 0.05) is 31.6 Å². The Morgan fingerprint density at radius 1 is 0.964 bits per heavy atom. The second-order valence-electron chi connectivity index (χ2n) is 9.92. The molecule has 3 saturated carbocycles. The summed E-state index contributed by atoms with van der Waals surface area (Å²) in [6, 6.07) is 0. The van der Waals surface area contributed by atoms with Crippen molar-refractivity contribution in [2.75, 3.05) is 0 Å². The largest absolute Gasteiger partial charge is 0.462 e. The highest BCUT2D eigenvalue weighted by atomic mass is 16.5. The maximum Gasteiger partial charge on any atom is 0.302 e. The Bertz CT molecular complexity index is 739. The summed E-state index contributed by atoms with van der Waals surface area (Å²) < 4.78 is 11.1. The van der Waals surface area contributed by atoms with Crippen molar-refractivity contribution < 1.29 is 23.9 Å². The number of carbonyl (C=O) groups excluding carboxylic acids is 3. The average molecular weight is 389 g/mol. The Kier molecular flexibility index (Phi) is 4.71. The molecule has 3 fully saturated rings. The number of fused-ring (bicyclic) bond motifs is 5. The van der Waals surface area contributed by atoms with Crippen molar-refractivity contribution in [3.05, 3.63) is 11.6 Å².